The number of anilines is 1. The summed E-state index contributed by atoms with van der Waals surface area (Å²) in [6.45, 7) is 0. The van der Waals surface area contributed by atoms with Crippen LogP contribution in [0.3, 0.4) is 0 Å². The molecule has 1 aromatic heterocycles. The van der Waals surface area contributed by atoms with Gasteiger partial charge in [-0.2, -0.15) is 0 Å². The molecule has 0 aliphatic heterocycles. The smallest absolute Gasteiger partial charge is 0.291 e. The van der Waals surface area contributed by atoms with Gasteiger partial charge in [-0.25, -0.2) is 4.98 Å². The van der Waals surface area contributed by atoms with E-state index in [0.29, 0.717) is 10.6 Å². The summed E-state index contributed by atoms with van der Waals surface area (Å²) >= 11 is 5.70. The molecule has 7 nitrogen and oxygen atoms in total. The Balaban J connectivity index is 2.19. The van der Waals surface area contributed by atoms with Gasteiger partial charge in [0.25, 0.3) is 11.6 Å². The van der Waals surface area contributed by atoms with E-state index in [-0.39, 0.29) is 11.5 Å². The molecule has 0 spiro atoms. The predicted molar refractivity (Wildman–Crippen MR) is 72.0 cm³/mol. The summed E-state index contributed by atoms with van der Waals surface area (Å²) in [5.74, 6) is -1.16. The topological polar surface area (TPSA) is 105 Å². The molecule has 0 fully saturated rings. The number of nitrogens with one attached hydrogen (secondary N) is 1. The van der Waals surface area contributed by atoms with Gasteiger partial charge in [0.2, 0.25) is 0 Å². The third-order valence-electron chi connectivity index (χ3n) is 2.40. The lowest BCUT2D eigenvalue weighted by Crippen LogP contribution is -2.13. The van der Waals surface area contributed by atoms with E-state index in [2.05, 4.69) is 10.3 Å². The van der Waals surface area contributed by atoms with Crippen molar-refractivity contribution >= 4 is 29.0 Å². The number of carbonyl (C=O) groups is 1. The normalized spacial score (nSPS) is 10.1. The van der Waals surface area contributed by atoms with Crippen LogP contribution in [0.25, 0.3) is 0 Å². The number of carbonyl (C=O) groups excluding carboxylic acids is 1. The molecule has 20 heavy (non-hydrogen) atoms. The first-order valence-corrected chi connectivity index (χ1v) is 5.75. The highest BCUT2D eigenvalue weighted by Crippen LogP contribution is 2.25. The van der Waals surface area contributed by atoms with Gasteiger partial charge in [0.05, 0.1) is 11.0 Å². The minimum atomic E-state index is -0.697. The van der Waals surface area contributed by atoms with Crippen molar-refractivity contribution in [2.45, 2.75) is 0 Å². The molecule has 0 aliphatic carbocycles. The third-order valence-corrected chi connectivity index (χ3v) is 2.65. The second-order valence-corrected chi connectivity index (χ2v) is 4.22. The fraction of sp³-hybridized carbons (Fsp3) is 0. The van der Waals surface area contributed by atoms with Crippen LogP contribution >= 0.6 is 11.6 Å². The van der Waals surface area contributed by atoms with Gasteiger partial charge in [-0.05, 0) is 24.3 Å². The van der Waals surface area contributed by atoms with Crippen molar-refractivity contribution in [3.05, 3.63) is 57.2 Å². The van der Waals surface area contributed by atoms with Crippen LogP contribution in [0.1, 0.15) is 10.4 Å². The lowest BCUT2D eigenvalue weighted by Gasteiger charge is -2.06. The summed E-state index contributed by atoms with van der Waals surface area (Å²) in [5, 5.41) is 22.9. The van der Waals surface area contributed by atoms with E-state index >= 15 is 0 Å². The lowest BCUT2D eigenvalue weighted by atomic mass is 10.2. The standard InChI is InChI=1S/C12H8ClN3O4/c13-8-3-1-7(2-4-8)12(18)15-11-10(17)5-9(6-14-11)16(19)20/h1-6,17H,(H,14,15,18). The molecule has 0 saturated heterocycles. The van der Waals surface area contributed by atoms with E-state index in [1.807, 2.05) is 0 Å². The Morgan fingerprint density at radius 2 is 2.00 bits per heavy atom. The predicted octanol–water partition coefficient (Wildman–Crippen LogP) is 2.60. The SMILES string of the molecule is O=C(Nc1ncc([N+](=O)[O-])cc1O)c1ccc(Cl)cc1. The van der Waals surface area contributed by atoms with Crippen molar-refractivity contribution in [1.29, 1.82) is 0 Å². The van der Waals surface area contributed by atoms with Gasteiger partial charge in [-0.15, -0.1) is 0 Å². The highest BCUT2D eigenvalue weighted by atomic mass is 35.5. The number of pyridine rings is 1. The summed E-state index contributed by atoms with van der Waals surface area (Å²) in [6, 6.07) is 6.99. The van der Waals surface area contributed by atoms with Crippen molar-refractivity contribution in [3.8, 4) is 5.75 Å². The maximum atomic E-state index is 11.9. The van der Waals surface area contributed by atoms with Gasteiger partial charge >= 0.3 is 0 Å². The Morgan fingerprint density at radius 1 is 1.35 bits per heavy atom. The van der Waals surface area contributed by atoms with Crippen molar-refractivity contribution in [3.63, 3.8) is 0 Å². The molecule has 1 amide bonds. The summed E-state index contributed by atoms with van der Waals surface area (Å²) in [6.07, 6.45) is 0.942. The summed E-state index contributed by atoms with van der Waals surface area (Å²) in [4.78, 5) is 25.3. The van der Waals surface area contributed by atoms with Crippen molar-refractivity contribution in [2.24, 2.45) is 0 Å². The molecule has 0 saturated carbocycles. The Bertz CT molecular complexity index is 673. The number of hydrogen-bond donors (Lipinski definition) is 2. The molecule has 102 valence electrons. The number of amides is 1. The molecule has 0 unspecified atom stereocenters. The van der Waals surface area contributed by atoms with Crippen LogP contribution in [-0.2, 0) is 0 Å². The first-order valence-electron chi connectivity index (χ1n) is 5.37. The number of aromatic nitrogens is 1. The highest BCUT2D eigenvalue weighted by Gasteiger charge is 2.14. The number of halogens is 1. The molecule has 0 aliphatic rings. The number of rotatable bonds is 3. The molecule has 2 N–H and O–H groups in total. The van der Waals surface area contributed by atoms with Crippen LogP contribution in [-0.4, -0.2) is 20.9 Å². The molecule has 1 aromatic carbocycles. The lowest BCUT2D eigenvalue weighted by molar-refractivity contribution is -0.385. The fourth-order valence-electron chi connectivity index (χ4n) is 1.42. The van der Waals surface area contributed by atoms with E-state index in [0.717, 1.165) is 12.3 Å². The zero-order chi connectivity index (χ0) is 14.7. The molecular formula is C12H8ClN3O4. The van der Waals surface area contributed by atoms with Crippen LogP contribution in [0.4, 0.5) is 11.5 Å². The highest BCUT2D eigenvalue weighted by molar-refractivity contribution is 6.30. The minimum absolute atomic E-state index is 0.157. The Kier molecular flexibility index (Phi) is 3.81. The first-order chi connectivity index (χ1) is 9.47. The van der Waals surface area contributed by atoms with Gasteiger partial charge in [0.15, 0.2) is 11.6 Å². The van der Waals surface area contributed by atoms with E-state index in [1.54, 1.807) is 12.1 Å². The van der Waals surface area contributed by atoms with Gasteiger partial charge in [-0.3, -0.25) is 14.9 Å². The van der Waals surface area contributed by atoms with Gasteiger partial charge in [-0.1, -0.05) is 11.6 Å². The van der Waals surface area contributed by atoms with E-state index in [1.165, 1.54) is 12.1 Å². The van der Waals surface area contributed by atoms with E-state index in [4.69, 9.17) is 11.6 Å². The Morgan fingerprint density at radius 3 is 2.55 bits per heavy atom. The number of nitro groups is 1. The molecule has 0 radical (unpaired) electrons. The second kappa shape index (κ2) is 5.54. The number of benzene rings is 1. The third kappa shape index (κ3) is 3.01. The van der Waals surface area contributed by atoms with E-state index < -0.39 is 16.6 Å². The number of nitrogens with zero attached hydrogens (tertiary/aromatic N) is 2. The van der Waals surface area contributed by atoms with Crippen LogP contribution in [0, 0.1) is 10.1 Å². The summed E-state index contributed by atoms with van der Waals surface area (Å²) in [7, 11) is 0. The molecule has 8 heteroatoms. The summed E-state index contributed by atoms with van der Waals surface area (Å²) in [5.41, 5.74) is -0.0547. The molecule has 0 bridgehead atoms. The van der Waals surface area contributed by atoms with Crippen LogP contribution in [0.5, 0.6) is 5.75 Å². The quantitative estimate of drug-likeness (QED) is 0.668. The first kappa shape index (κ1) is 13.8. The van der Waals surface area contributed by atoms with Crippen molar-refractivity contribution in [1.82, 2.24) is 4.98 Å². The monoisotopic (exact) mass is 293 g/mol. The fourth-order valence-corrected chi connectivity index (χ4v) is 1.55. The average Bonchev–Trinajstić information content (AvgIpc) is 2.41. The number of hydrogen-bond acceptors (Lipinski definition) is 5. The zero-order valence-corrected chi connectivity index (χ0v) is 10.7. The van der Waals surface area contributed by atoms with Gasteiger partial charge in [0, 0.05) is 10.6 Å². The molecular weight excluding hydrogens is 286 g/mol. The largest absolute Gasteiger partial charge is 0.504 e. The van der Waals surface area contributed by atoms with Crippen LogP contribution < -0.4 is 5.32 Å². The average molecular weight is 294 g/mol. The molecule has 1 heterocycles. The van der Waals surface area contributed by atoms with Crippen LogP contribution in [0.2, 0.25) is 5.02 Å². The Hall–Kier alpha value is -2.67. The van der Waals surface area contributed by atoms with Crippen molar-refractivity contribution in [2.75, 3.05) is 5.32 Å². The maximum absolute atomic E-state index is 11.9. The van der Waals surface area contributed by atoms with Crippen LogP contribution in [0.15, 0.2) is 36.5 Å². The minimum Gasteiger partial charge on any atom is -0.504 e. The van der Waals surface area contributed by atoms with Crippen molar-refractivity contribution < 1.29 is 14.8 Å². The van der Waals surface area contributed by atoms with E-state index in [9.17, 15) is 20.0 Å². The second-order valence-electron chi connectivity index (χ2n) is 3.78. The Labute approximate surface area is 118 Å². The van der Waals surface area contributed by atoms with Gasteiger partial charge < -0.3 is 10.4 Å². The van der Waals surface area contributed by atoms with Gasteiger partial charge in [0.1, 0.15) is 6.20 Å². The summed E-state index contributed by atoms with van der Waals surface area (Å²) < 4.78 is 0. The number of aromatic hydroxyl groups is 1. The zero-order valence-electron chi connectivity index (χ0n) is 9.91. The maximum Gasteiger partial charge on any atom is 0.291 e. The molecule has 0 atom stereocenters. The molecule has 2 aromatic rings. The molecule has 2 rings (SSSR count).